The molecule has 0 bridgehead atoms. The Morgan fingerprint density at radius 2 is 2.12 bits per heavy atom. The molecule has 4 heteroatoms. The summed E-state index contributed by atoms with van der Waals surface area (Å²) in [5, 5.41) is 3.11. The largest absolute Gasteiger partial charge is 0.335 e. The van der Waals surface area contributed by atoms with Gasteiger partial charge in [0.15, 0.2) is 0 Å². The fraction of sp³-hybridized carbons (Fsp3) is 0.917. The normalized spacial score (nSPS) is 27.6. The van der Waals surface area contributed by atoms with Crippen LogP contribution in [0.1, 0.15) is 33.1 Å². The number of hydrogen-bond donors (Lipinski definition) is 1. The number of carbonyl (C=O) groups excluding carboxylic acids is 1. The maximum absolute atomic E-state index is 11.9. The summed E-state index contributed by atoms with van der Waals surface area (Å²) in [5.74, 6) is 0. The van der Waals surface area contributed by atoms with E-state index in [0.717, 1.165) is 39.0 Å². The molecule has 2 aliphatic rings. The molecule has 1 aliphatic carbocycles. The minimum absolute atomic E-state index is 0.146. The van der Waals surface area contributed by atoms with Crippen LogP contribution in [0.25, 0.3) is 0 Å². The van der Waals surface area contributed by atoms with Gasteiger partial charge in [-0.1, -0.05) is 6.92 Å². The van der Waals surface area contributed by atoms with Crippen molar-refractivity contribution < 1.29 is 4.79 Å². The van der Waals surface area contributed by atoms with E-state index in [4.69, 9.17) is 0 Å². The third-order valence-electron chi connectivity index (χ3n) is 3.89. The molecule has 2 fully saturated rings. The van der Waals surface area contributed by atoms with Gasteiger partial charge in [0, 0.05) is 31.7 Å². The number of nitrogens with zero attached hydrogens (tertiary/aromatic N) is 2. The molecule has 1 unspecified atom stereocenters. The molecule has 0 radical (unpaired) electrons. The highest BCUT2D eigenvalue weighted by Crippen LogP contribution is 2.18. The van der Waals surface area contributed by atoms with Crippen molar-refractivity contribution >= 4 is 6.03 Å². The summed E-state index contributed by atoms with van der Waals surface area (Å²) in [7, 11) is 0. The minimum atomic E-state index is 0.146. The Balaban J connectivity index is 1.79. The quantitative estimate of drug-likeness (QED) is 0.768. The smallest absolute Gasteiger partial charge is 0.317 e. The molecule has 0 aromatic carbocycles. The Morgan fingerprint density at radius 1 is 1.38 bits per heavy atom. The summed E-state index contributed by atoms with van der Waals surface area (Å²) < 4.78 is 0. The van der Waals surface area contributed by atoms with Gasteiger partial charge < -0.3 is 10.2 Å². The average molecular weight is 225 g/mol. The Hall–Kier alpha value is -0.770. The Labute approximate surface area is 98.0 Å². The first-order valence-corrected chi connectivity index (χ1v) is 6.50. The van der Waals surface area contributed by atoms with Gasteiger partial charge in [-0.15, -0.1) is 0 Å². The maximum atomic E-state index is 11.9. The van der Waals surface area contributed by atoms with E-state index in [1.807, 2.05) is 4.90 Å². The number of likely N-dealkylation sites (N-methyl/N-ethyl adjacent to an activating group) is 1. The third kappa shape index (κ3) is 2.48. The van der Waals surface area contributed by atoms with Crippen LogP contribution in [0, 0.1) is 0 Å². The molecule has 1 heterocycles. The maximum Gasteiger partial charge on any atom is 0.317 e. The first-order valence-electron chi connectivity index (χ1n) is 6.50. The van der Waals surface area contributed by atoms with Crippen LogP contribution in [-0.4, -0.2) is 54.1 Å². The van der Waals surface area contributed by atoms with Crippen molar-refractivity contribution in [1.29, 1.82) is 0 Å². The predicted octanol–water partition coefficient (Wildman–Crippen LogP) is 1.27. The zero-order valence-corrected chi connectivity index (χ0v) is 10.4. The standard InChI is InChI=1S/C12H23N3O/c1-3-14-7-8-15(9-10(14)2)12(16)13-11-5-4-6-11/h10-11H,3-9H2,1-2H3,(H,13,16). The molecular formula is C12H23N3O. The van der Waals surface area contributed by atoms with Crippen molar-refractivity contribution in [3.05, 3.63) is 0 Å². The Bertz CT molecular complexity index is 253. The number of hydrogen-bond acceptors (Lipinski definition) is 2. The first-order chi connectivity index (χ1) is 7.70. The van der Waals surface area contributed by atoms with Crippen LogP contribution in [0.2, 0.25) is 0 Å². The van der Waals surface area contributed by atoms with Crippen LogP contribution in [0.3, 0.4) is 0 Å². The lowest BCUT2D eigenvalue weighted by Gasteiger charge is -2.40. The lowest BCUT2D eigenvalue weighted by Crippen LogP contribution is -2.57. The van der Waals surface area contributed by atoms with E-state index in [1.54, 1.807) is 0 Å². The van der Waals surface area contributed by atoms with Crippen LogP contribution in [0.15, 0.2) is 0 Å². The van der Waals surface area contributed by atoms with Crippen molar-refractivity contribution in [2.75, 3.05) is 26.2 Å². The summed E-state index contributed by atoms with van der Waals surface area (Å²) >= 11 is 0. The van der Waals surface area contributed by atoms with Gasteiger partial charge in [0.1, 0.15) is 0 Å². The highest BCUT2D eigenvalue weighted by Gasteiger charge is 2.28. The second-order valence-corrected chi connectivity index (χ2v) is 5.00. The number of piperazine rings is 1. The average Bonchev–Trinajstić information content (AvgIpc) is 2.23. The Kier molecular flexibility index (Phi) is 3.69. The number of urea groups is 1. The molecule has 0 aromatic heterocycles. The monoisotopic (exact) mass is 225 g/mol. The van der Waals surface area contributed by atoms with E-state index in [2.05, 4.69) is 24.1 Å². The van der Waals surface area contributed by atoms with Gasteiger partial charge in [-0.05, 0) is 32.7 Å². The summed E-state index contributed by atoms with van der Waals surface area (Å²) in [4.78, 5) is 16.3. The zero-order valence-electron chi connectivity index (χ0n) is 10.4. The van der Waals surface area contributed by atoms with E-state index in [9.17, 15) is 4.79 Å². The van der Waals surface area contributed by atoms with Crippen molar-refractivity contribution in [2.45, 2.75) is 45.2 Å². The van der Waals surface area contributed by atoms with Gasteiger partial charge >= 0.3 is 6.03 Å². The van der Waals surface area contributed by atoms with E-state index < -0.39 is 0 Å². The van der Waals surface area contributed by atoms with Crippen LogP contribution in [-0.2, 0) is 0 Å². The van der Waals surface area contributed by atoms with Gasteiger partial charge in [-0.25, -0.2) is 4.79 Å². The molecule has 1 atom stereocenters. The van der Waals surface area contributed by atoms with Crippen molar-refractivity contribution in [1.82, 2.24) is 15.1 Å². The summed E-state index contributed by atoms with van der Waals surface area (Å²) in [6.45, 7) is 8.21. The fourth-order valence-electron chi connectivity index (χ4n) is 2.47. The predicted molar refractivity (Wildman–Crippen MR) is 64.5 cm³/mol. The lowest BCUT2D eigenvalue weighted by atomic mass is 9.93. The van der Waals surface area contributed by atoms with Gasteiger partial charge in [0.05, 0.1) is 0 Å². The van der Waals surface area contributed by atoms with Crippen LogP contribution < -0.4 is 5.32 Å². The molecule has 92 valence electrons. The van der Waals surface area contributed by atoms with Crippen LogP contribution in [0.4, 0.5) is 4.79 Å². The van der Waals surface area contributed by atoms with Crippen LogP contribution in [0.5, 0.6) is 0 Å². The molecule has 0 spiro atoms. The third-order valence-corrected chi connectivity index (χ3v) is 3.89. The molecule has 0 aromatic rings. The first kappa shape index (κ1) is 11.7. The molecule has 1 saturated carbocycles. The van der Waals surface area contributed by atoms with Gasteiger partial charge in [0.25, 0.3) is 0 Å². The van der Waals surface area contributed by atoms with E-state index in [-0.39, 0.29) is 6.03 Å². The molecule has 4 nitrogen and oxygen atoms in total. The molecule has 2 rings (SSSR count). The highest BCUT2D eigenvalue weighted by atomic mass is 16.2. The summed E-state index contributed by atoms with van der Waals surface area (Å²) in [5.41, 5.74) is 0. The van der Waals surface area contributed by atoms with Crippen molar-refractivity contribution in [2.24, 2.45) is 0 Å². The van der Waals surface area contributed by atoms with Gasteiger partial charge in [0.2, 0.25) is 0 Å². The number of carbonyl (C=O) groups is 1. The second kappa shape index (κ2) is 5.04. The van der Waals surface area contributed by atoms with Crippen molar-refractivity contribution in [3.63, 3.8) is 0 Å². The second-order valence-electron chi connectivity index (χ2n) is 5.00. The number of nitrogens with one attached hydrogen (secondary N) is 1. The zero-order chi connectivity index (χ0) is 11.5. The number of rotatable bonds is 2. The summed E-state index contributed by atoms with van der Waals surface area (Å²) in [6.07, 6.45) is 3.59. The Morgan fingerprint density at radius 3 is 2.62 bits per heavy atom. The molecule has 1 saturated heterocycles. The molecule has 1 N–H and O–H groups in total. The lowest BCUT2D eigenvalue weighted by molar-refractivity contribution is 0.0993. The molecular weight excluding hydrogens is 202 g/mol. The van der Waals surface area contributed by atoms with E-state index >= 15 is 0 Å². The fourth-order valence-corrected chi connectivity index (χ4v) is 2.47. The molecule has 1 aliphatic heterocycles. The number of amides is 2. The summed E-state index contributed by atoms with van der Waals surface area (Å²) in [6, 6.07) is 1.09. The van der Waals surface area contributed by atoms with E-state index in [0.29, 0.717) is 12.1 Å². The van der Waals surface area contributed by atoms with E-state index in [1.165, 1.54) is 6.42 Å². The van der Waals surface area contributed by atoms with Crippen LogP contribution >= 0.6 is 0 Å². The minimum Gasteiger partial charge on any atom is -0.335 e. The van der Waals surface area contributed by atoms with Gasteiger partial charge in [-0.2, -0.15) is 0 Å². The highest BCUT2D eigenvalue weighted by molar-refractivity contribution is 5.74. The molecule has 2 amide bonds. The molecule has 16 heavy (non-hydrogen) atoms. The van der Waals surface area contributed by atoms with Crippen molar-refractivity contribution in [3.8, 4) is 0 Å². The SMILES string of the molecule is CCN1CCN(C(=O)NC2CCC2)CC1C. The topological polar surface area (TPSA) is 35.6 Å². The van der Waals surface area contributed by atoms with Gasteiger partial charge in [-0.3, -0.25) is 4.90 Å².